The van der Waals surface area contributed by atoms with E-state index >= 15 is 4.39 Å². The van der Waals surface area contributed by atoms with Gasteiger partial charge in [0.1, 0.15) is 18.7 Å². The van der Waals surface area contributed by atoms with Crippen LogP contribution in [-0.2, 0) is 7.05 Å². The molecule has 1 heterocycles. The largest absolute Gasteiger partial charge is 0.223 e. The Labute approximate surface area is 159 Å². The summed E-state index contributed by atoms with van der Waals surface area (Å²) in [5.41, 5.74) is 3.97. The first kappa shape index (κ1) is 18.1. The molecule has 0 unspecified atom stereocenters. The molecule has 2 aromatic carbocycles. The molecule has 3 aromatic rings. The minimum atomic E-state index is -0.454. The van der Waals surface area contributed by atoms with Gasteiger partial charge in [-0.1, -0.05) is 25.0 Å². The van der Waals surface area contributed by atoms with Crippen LogP contribution in [0.4, 0.5) is 8.78 Å². The van der Waals surface area contributed by atoms with Crippen LogP contribution in [0.2, 0.25) is 0 Å². The Hall–Kier alpha value is -2.29. The molecule has 0 N–H and O–H groups in total. The third-order valence-corrected chi connectivity index (χ3v) is 6.37. The zero-order valence-corrected chi connectivity index (χ0v) is 16.5. The van der Waals surface area contributed by atoms with Crippen LogP contribution in [0.3, 0.4) is 0 Å². The Bertz CT molecular complexity index is 1020. The molecule has 0 radical (unpaired) electrons. The summed E-state index contributed by atoms with van der Waals surface area (Å²) < 4.78 is 31.6. The zero-order chi connectivity index (χ0) is 19.3. The van der Waals surface area contributed by atoms with Crippen LogP contribution in [-0.4, -0.2) is 0 Å². The predicted octanol–water partition coefficient (Wildman–Crippen LogP) is 6.19. The SMILES string of the molecule is Cc1c(C)c(-c2c3cc(C4CCCC4)ccc3cc[n+]2C)c(F)c(C)c1F. The van der Waals surface area contributed by atoms with Crippen LogP contribution in [0, 0.1) is 32.4 Å². The van der Waals surface area contributed by atoms with Gasteiger partial charge >= 0.3 is 0 Å². The van der Waals surface area contributed by atoms with Crippen molar-refractivity contribution in [3.8, 4) is 11.3 Å². The fourth-order valence-electron chi connectivity index (χ4n) is 4.57. The van der Waals surface area contributed by atoms with Gasteiger partial charge in [-0.2, -0.15) is 0 Å². The van der Waals surface area contributed by atoms with Crippen molar-refractivity contribution in [1.82, 2.24) is 0 Å². The van der Waals surface area contributed by atoms with Crippen LogP contribution >= 0.6 is 0 Å². The Morgan fingerprint density at radius 2 is 1.59 bits per heavy atom. The molecule has 1 aromatic heterocycles. The van der Waals surface area contributed by atoms with Crippen LogP contribution < -0.4 is 4.57 Å². The van der Waals surface area contributed by atoms with Gasteiger partial charge in [0.15, 0.2) is 6.20 Å². The first-order chi connectivity index (χ1) is 12.9. The lowest BCUT2D eigenvalue weighted by Gasteiger charge is -2.16. The van der Waals surface area contributed by atoms with Gasteiger partial charge < -0.3 is 0 Å². The molecule has 1 nitrogen and oxygen atoms in total. The summed E-state index contributed by atoms with van der Waals surface area (Å²) in [5, 5.41) is 2.13. The summed E-state index contributed by atoms with van der Waals surface area (Å²) in [6.07, 6.45) is 6.97. The van der Waals surface area contributed by atoms with Crippen molar-refractivity contribution in [1.29, 1.82) is 0 Å². The second-order valence-electron chi connectivity index (χ2n) is 7.98. The van der Waals surface area contributed by atoms with Gasteiger partial charge in [-0.3, -0.25) is 0 Å². The van der Waals surface area contributed by atoms with Gasteiger partial charge in [0.05, 0.1) is 10.9 Å². The normalized spacial score (nSPS) is 15.0. The van der Waals surface area contributed by atoms with E-state index in [0.29, 0.717) is 22.6 Å². The number of hydrogen-bond acceptors (Lipinski definition) is 0. The Morgan fingerprint density at radius 3 is 2.30 bits per heavy atom. The molecule has 1 saturated carbocycles. The van der Waals surface area contributed by atoms with Crippen molar-refractivity contribution in [3.05, 3.63) is 64.4 Å². The average Bonchev–Trinajstić information content (AvgIpc) is 3.21. The number of rotatable bonds is 2. The van der Waals surface area contributed by atoms with Gasteiger partial charge in [0.2, 0.25) is 5.69 Å². The summed E-state index contributed by atoms with van der Waals surface area (Å²) >= 11 is 0. The van der Waals surface area contributed by atoms with Gasteiger partial charge in [0.25, 0.3) is 0 Å². The minimum Gasteiger partial charge on any atom is -0.206 e. The number of hydrogen-bond donors (Lipinski definition) is 0. The fraction of sp³-hybridized carbons (Fsp3) is 0.375. The lowest BCUT2D eigenvalue weighted by Crippen LogP contribution is -2.31. The number of halogens is 2. The highest BCUT2D eigenvalue weighted by Crippen LogP contribution is 2.38. The van der Waals surface area contributed by atoms with Crippen molar-refractivity contribution in [3.63, 3.8) is 0 Å². The van der Waals surface area contributed by atoms with Gasteiger partial charge in [-0.05, 0) is 67.7 Å². The highest BCUT2D eigenvalue weighted by Gasteiger charge is 2.27. The van der Waals surface area contributed by atoms with Crippen molar-refractivity contribution >= 4 is 10.8 Å². The molecule has 4 rings (SSSR count). The van der Waals surface area contributed by atoms with Crippen LogP contribution in [0.1, 0.15) is 53.9 Å². The van der Waals surface area contributed by atoms with Gasteiger partial charge in [0, 0.05) is 11.6 Å². The smallest absolute Gasteiger partial charge is 0.206 e. The Balaban J connectivity index is 2.04. The molecule has 1 fully saturated rings. The van der Waals surface area contributed by atoms with Crippen LogP contribution in [0.25, 0.3) is 22.0 Å². The monoisotopic (exact) mass is 366 g/mol. The molecular weight excluding hydrogens is 340 g/mol. The Morgan fingerprint density at radius 1 is 0.889 bits per heavy atom. The number of nitrogens with zero attached hydrogens (tertiary/aromatic N) is 1. The number of benzene rings is 2. The summed E-state index contributed by atoms with van der Waals surface area (Å²) in [6, 6.07) is 8.65. The first-order valence-electron chi connectivity index (χ1n) is 9.77. The van der Waals surface area contributed by atoms with Gasteiger partial charge in [-0.15, -0.1) is 0 Å². The topological polar surface area (TPSA) is 3.88 Å². The summed E-state index contributed by atoms with van der Waals surface area (Å²) in [4.78, 5) is 0. The highest BCUT2D eigenvalue weighted by molar-refractivity contribution is 5.94. The molecular formula is C24H26F2N+. The van der Waals surface area contributed by atoms with E-state index in [4.69, 9.17) is 0 Å². The van der Waals surface area contributed by atoms with E-state index < -0.39 is 11.6 Å². The fourth-order valence-corrected chi connectivity index (χ4v) is 4.57. The molecule has 27 heavy (non-hydrogen) atoms. The molecule has 0 amide bonds. The molecule has 0 saturated heterocycles. The standard InChI is InChI=1S/C24H26F2N/c1-14-15(2)22(25)16(3)23(26)21(14)24-20-13-19(17-7-5-6-8-17)10-9-18(20)11-12-27(24)4/h9-13,17H,5-8H2,1-4H3/q+1. The van der Waals surface area contributed by atoms with Crippen molar-refractivity contribution < 1.29 is 13.3 Å². The molecule has 0 aliphatic heterocycles. The number of aromatic nitrogens is 1. The molecule has 0 spiro atoms. The van der Waals surface area contributed by atoms with E-state index in [1.807, 2.05) is 24.7 Å². The maximum absolute atomic E-state index is 15.2. The van der Waals surface area contributed by atoms with E-state index in [0.717, 1.165) is 16.5 Å². The number of fused-ring (bicyclic) bond motifs is 1. The maximum Gasteiger partial charge on any atom is 0.223 e. The maximum atomic E-state index is 15.2. The quantitative estimate of drug-likeness (QED) is 0.476. The second kappa shape index (κ2) is 6.70. The number of pyridine rings is 1. The molecule has 0 atom stereocenters. The van der Waals surface area contributed by atoms with Crippen LogP contribution in [0.5, 0.6) is 0 Å². The highest BCUT2D eigenvalue weighted by atomic mass is 19.1. The lowest BCUT2D eigenvalue weighted by molar-refractivity contribution is -0.659. The molecule has 0 bridgehead atoms. The van der Waals surface area contributed by atoms with Crippen molar-refractivity contribution in [2.24, 2.45) is 7.05 Å². The van der Waals surface area contributed by atoms with E-state index in [1.165, 1.54) is 38.2 Å². The summed E-state index contributed by atoms with van der Waals surface area (Å²) in [5.74, 6) is -0.302. The van der Waals surface area contributed by atoms with E-state index in [1.54, 1.807) is 6.92 Å². The van der Waals surface area contributed by atoms with Gasteiger partial charge in [-0.25, -0.2) is 13.3 Å². The third-order valence-electron chi connectivity index (χ3n) is 6.37. The van der Waals surface area contributed by atoms with Crippen molar-refractivity contribution in [2.45, 2.75) is 52.4 Å². The second-order valence-corrected chi connectivity index (χ2v) is 7.98. The molecule has 1 aliphatic carbocycles. The molecule has 3 heteroatoms. The summed E-state index contributed by atoms with van der Waals surface area (Å²) in [7, 11) is 1.93. The molecule has 1 aliphatic rings. The van der Waals surface area contributed by atoms with E-state index in [-0.39, 0.29) is 5.56 Å². The van der Waals surface area contributed by atoms with Crippen molar-refractivity contribution in [2.75, 3.05) is 0 Å². The van der Waals surface area contributed by atoms with E-state index in [9.17, 15) is 4.39 Å². The predicted molar refractivity (Wildman–Crippen MR) is 106 cm³/mol. The average molecular weight is 366 g/mol. The van der Waals surface area contributed by atoms with Crippen LogP contribution in [0.15, 0.2) is 30.5 Å². The third kappa shape index (κ3) is 2.84. The zero-order valence-electron chi connectivity index (χ0n) is 16.5. The molecule has 140 valence electrons. The lowest BCUT2D eigenvalue weighted by atomic mass is 9.90. The first-order valence-corrected chi connectivity index (χ1v) is 9.77. The minimum absolute atomic E-state index is 0.0945. The van der Waals surface area contributed by atoms with E-state index in [2.05, 4.69) is 24.3 Å². The number of aryl methyl sites for hydroxylation is 1. The Kier molecular flexibility index (Phi) is 4.49. The summed E-state index contributed by atoms with van der Waals surface area (Å²) in [6.45, 7) is 5.07.